The maximum absolute atomic E-state index is 11.9. The van der Waals surface area contributed by atoms with Gasteiger partial charge in [-0.2, -0.15) is 5.10 Å². The number of carbonyl (C=O) groups is 1. The number of pyridine rings is 1. The molecule has 4 rings (SSSR count). The predicted octanol–water partition coefficient (Wildman–Crippen LogP) is 2.52. The lowest BCUT2D eigenvalue weighted by molar-refractivity contribution is 0.262. The zero-order valence-corrected chi connectivity index (χ0v) is 13.4. The number of anilines is 2. The van der Waals surface area contributed by atoms with Gasteiger partial charge in [0.15, 0.2) is 5.82 Å². The standard InChI is InChI=1S/C16H15N7O2/c1-11-6-14(21-25-11)20-16(24)19-12-7-17-23(9-12)10-13-8-22-5-3-2-4-15(22)18-13/h2-9H,10H2,1H3,(H2,19,20,21,24). The molecule has 0 saturated carbocycles. The Morgan fingerprint density at radius 3 is 3.00 bits per heavy atom. The average molecular weight is 337 g/mol. The largest absolute Gasteiger partial charge is 0.360 e. The first-order chi connectivity index (χ1) is 12.2. The second-order valence-corrected chi connectivity index (χ2v) is 5.53. The highest BCUT2D eigenvalue weighted by Gasteiger charge is 2.08. The molecule has 0 aliphatic carbocycles. The number of hydrogen-bond donors (Lipinski definition) is 2. The molecule has 0 spiro atoms. The number of amides is 2. The van der Waals surface area contributed by atoms with Crippen molar-refractivity contribution in [1.82, 2.24) is 24.3 Å². The minimum atomic E-state index is -0.416. The van der Waals surface area contributed by atoms with Crippen LogP contribution in [-0.4, -0.2) is 30.4 Å². The highest BCUT2D eigenvalue weighted by Crippen LogP contribution is 2.11. The van der Waals surface area contributed by atoms with Crippen molar-refractivity contribution in [1.29, 1.82) is 0 Å². The van der Waals surface area contributed by atoms with Gasteiger partial charge in [0.25, 0.3) is 0 Å². The molecule has 4 aromatic heterocycles. The molecule has 9 nitrogen and oxygen atoms in total. The molecule has 0 aromatic carbocycles. The van der Waals surface area contributed by atoms with E-state index in [1.807, 2.05) is 35.0 Å². The maximum Gasteiger partial charge on any atom is 0.325 e. The number of urea groups is 1. The molecule has 126 valence electrons. The van der Waals surface area contributed by atoms with Gasteiger partial charge in [-0.1, -0.05) is 11.2 Å². The first kappa shape index (κ1) is 14.9. The fraction of sp³-hybridized carbons (Fsp3) is 0.125. The number of nitrogens with one attached hydrogen (secondary N) is 2. The molecule has 0 fully saturated rings. The first-order valence-electron chi connectivity index (χ1n) is 7.62. The summed E-state index contributed by atoms with van der Waals surface area (Å²) >= 11 is 0. The Bertz CT molecular complexity index is 997. The lowest BCUT2D eigenvalue weighted by atomic mass is 10.5. The van der Waals surface area contributed by atoms with Crippen molar-refractivity contribution in [2.24, 2.45) is 0 Å². The van der Waals surface area contributed by atoms with E-state index < -0.39 is 6.03 Å². The Kier molecular flexibility index (Phi) is 3.65. The predicted molar refractivity (Wildman–Crippen MR) is 90.4 cm³/mol. The summed E-state index contributed by atoms with van der Waals surface area (Å²) in [5.74, 6) is 0.975. The SMILES string of the molecule is Cc1cc(NC(=O)Nc2cnn(Cc3cn4ccccc4n3)c2)no1. The molecule has 4 aromatic rings. The zero-order valence-electron chi connectivity index (χ0n) is 13.4. The van der Waals surface area contributed by atoms with Gasteiger partial charge in [-0.15, -0.1) is 0 Å². The van der Waals surface area contributed by atoms with Crippen molar-refractivity contribution in [2.45, 2.75) is 13.5 Å². The normalized spacial score (nSPS) is 10.9. The van der Waals surface area contributed by atoms with Gasteiger partial charge in [0.2, 0.25) is 0 Å². The smallest absolute Gasteiger partial charge is 0.325 e. The molecule has 0 aliphatic rings. The molecular weight excluding hydrogens is 322 g/mol. The van der Waals surface area contributed by atoms with Crippen molar-refractivity contribution in [3.05, 3.63) is 60.5 Å². The van der Waals surface area contributed by atoms with Crippen molar-refractivity contribution >= 4 is 23.2 Å². The molecule has 0 saturated heterocycles. The minimum Gasteiger partial charge on any atom is -0.360 e. The van der Waals surface area contributed by atoms with Crippen LogP contribution < -0.4 is 10.6 Å². The van der Waals surface area contributed by atoms with Gasteiger partial charge in [0, 0.05) is 24.7 Å². The number of nitrogens with zero attached hydrogens (tertiary/aromatic N) is 5. The van der Waals surface area contributed by atoms with E-state index in [9.17, 15) is 4.79 Å². The number of aryl methyl sites for hydroxylation is 1. The molecule has 0 radical (unpaired) electrons. The summed E-state index contributed by atoms with van der Waals surface area (Å²) in [4.78, 5) is 16.4. The van der Waals surface area contributed by atoms with Crippen molar-refractivity contribution in [2.75, 3.05) is 10.6 Å². The van der Waals surface area contributed by atoms with Crippen LogP contribution in [0.3, 0.4) is 0 Å². The average Bonchev–Trinajstić information content (AvgIpc) is 3.28. The molecule has 2 amide bonds. The summed E-state index contributed by atoms with van der Waals surface area (Å²) in [6, 6.07) is 7.04. The molecule has 9 heteroatoms. The summed E-state index contributed by atoms with van der Waals surface area (Å²) in [5.41, 5.74) is 2.33. The summed E-state index contributed by atoms with van der Waals surface area (Å²) in [6.45, 7) is 2.26. The summed E-state index contributed by atoms with van der Waals surface area (Å²) in [6.07, 6.45) is 7.20. The third-order valence-corrected chi connectivity index (χ3v) is 3.50. The van der Waals surface area contributed by atoms with Crippen LogP contribution >= 0.6 is 0 Å². The molecule has 0 unspecified atom stereocenters. The van der Waals surface area contributed by atoms with E-state index in [1.54, 1.807) is 30.1 Å². The second kappa shape index (κ2) is 6.11. The molecule has 4 heterocycles. The fourth-order valence-corrected chi connectivity index (χ4v) is 2.45. The number of rotatable bonds is 4. The molecule has 2 N–H and O–H groups in total. The third kappa shape index (κ3) is 3.34. The number of imidazole rings is 1. The van der Waals surface area contributed by atoms with Gasteiger partial charge in [0.05, 0.1) is 24.1 Å². The van der Waals surface area contributed by atoms with Crippen LogP contribution in [0.1, 0.15) is 11.5 Å². The van der Waals surface area contributed by atoms with Crippen molar-refractivity contribution in [3.8, 4) is 0 Å². The highest BCUT2D eigenvalue weighted by molar-refractivity contribution is 5.98. The molecular formula is C16H15N7O2. The summed E-state index contributed by atoms with van der Waals surface area (Å²) in [7, 11) is 0. The Morgan fingerprint density at radius 2 is 2.20 bits per heavy atom. The van der Waals surface area contributed by atoms with E-state index in [4.69, 9.17) is 4.52 Å². The van der Waals surface area contributed by atoms with E-state index in [2.05, 4.69) is 25.9 Å². The molecule has 0 aliphatic heterocycles. The Hall–Kier alpha value is -3.62. The quantitative estimate of drug-likeness (QED) is 0.596. The van der Waals surface area contributed by atoms with Crippen molar-refractivity contribution < 1.29 is 9.32 Å². The van der Waals surface area contributed by atoms with E-state index in [-0.39, 0.29) is 0 Å². The van der Waals surface area contributed by atoms with Crippen molar-refractivity contribution in [3.63, 3.8) is 0 Å². The van der Waals surface area contributed by atoms with E-state index in [0.29, 0.717) is 23.8 Å². The lowest BCUT2D eigenvalue weighted by Gasteiger charge is -2.01. The topological polar surface area (TPSA) is 102 Å². The summed E-state index contributed by atoms with van der Waals surface area (Å²) in [5, 5.41) is 13.2. The van der Waals surface area contributed by atoms with Gasteiger partial charge >= 0.3 is 6.03 Å². The highest BCUT2D eigenvalue weighted by atomic mass is 16.5. The van der Waals surface area contributed by atoms with Crippen LogP contribution in [0.5, 0.6) is 0 Å². The number of fused-ring (bicyclic) bond motifs is 1. The third-order valence-electron chi connectivity index (χ3n) is 3.50. The second-order valence-electron chi connectivity index (χ2n) is 5.53. The Morgan fingerprint density at radius 1 is 1.28 bits per heavy atom. The zero-order chi connectivity index (χ0) is 17.2. The van der Waals surface area contributed by atoms with Crippen LogP contribution in [0.15, 0.2) is 53.6 Å². The van der Waals surface area contributed by atoms with Gasteiger partial charge in [-0.05, 0) is 19.1 Å². The van der Waals surface area contributed by atoms with E-state index >= 15 is 0 Å². The van der Waals surface area contributed by atoms with Crippen LogP contribution in [-0.2, 0) is 6.54 Å². The number of aromatic nitrogens is 5. The Labute approximate surface area is 142 Å². The monoisotopic (exact) mass is 337 g/mol. The van der Waals surface area contributed by atoms with Gasteiger partial charge in [-0.3, -0.25) is 10.00 Å². The lowest BCUT2D eigenvalue weighted by Crippen LogP contribution is -2.19. The minimum absolute atomic E-state index is 0.354. The Balaban J connectivity index is 1.40. The van der Waals surface area contributed by atoms with Crippen LogP contribution in [0.25, 0.3) is 5.65 Å². The summed E-state index contributed by atoms with van der Waals surface area (Å²) < 4.78 is 8.55. The van der Waals surface area contributed by atoms with Crippen LogP contribution in [0.4, 0.5) is 16.3 Å². The number of carbonyl (C=O) groups excluding carboxylic acids is 1. The molecule has 0 bridgehead atoms. The van der Waals surface area contributed by atoms with E-state index in [1.165, 1.54) is 0 Å². The fourth-order valence-electron chi connectivity index (χ4n) is 2.45. The van der Waals surface area contributed by atoms with Gasteiger partial charge < -0.3 is 14.2 Å². The van der Waals surface area contributed by atoms with E-state index in [0.717, 1.165) is 11.3 Å². The molecule has 0 atom stereocenters. The maximum atomic E-state index is 11.9. The van der Waals surface area contributed by atoms with Crippen LogP contribution in [0.2, 0.25) is 0 Å². The first-order valence-corrected chi connectivity index (χ1v) is 7.62. The van der Waals surface area contributed by atoms with Gasteiger partial charge in [-0.25, -0.2) is 9.78 Å². The molecule has 25 heavy (non-hydrogen) atoms. The van der Waals surface area contributed by atoms with Gasteiger partial charge in [0.1, 0.15) is 11.4 Å². The van der Waals surface area contributed by atoms with Crippen LogP contribution in [0, 0.1) is 6.92 Å². The number of hydrogen-bond acceptors (Lipinski definition) is 5.